The summed E-state index contributed by atoms with van der Waals surface area (Å²) in [5, 5.41) is 2.37. The summed E-state index contributed by atoms with van der Waals surface area (Å²) in [6, 6.07) is 10.00. The molecule has 6 heteroatoms. The second-order valence-electron chi connectivity index (χ2n) is 4.05. The van der Waals surface area contributed by atoms with Crippen LogP contribution in [-0.2, 0) is 11.2 Å². The summed E-state index contributed by atoms with van der Waals surface area (Å²) in [7, 11) is 0. The quantitative estimate of drug-likeness (QED) is 0.816. The van der Waals surface area contributed by atoms with Gasteiger partial charge in [0.15, 0.2) is 5.13 Å². The molecule has 1 fully saturated rings. The van der Waals surface area contributed by atoms with Gasteiger partial charge in [0, 0.05) is 11.6 Å². The van der Waals surface area contributed by atoms with Gasteiger partial charge in [-0.1, -0.05) is 54.3 Å². The van der Waals surface area contributed by atoms with Gasteiger partial charge < -0.3 is 0 Å². The van der Waals surface area contributed by atoms with E-state index in [1.165, 1.54) is 23.1 Å². The second kappa shape index (κ2) is 5.40. The number of anilines is 1. The minimum Gasteiger partial charge on any atom is -0.273 e. The van der Waals surface area contributed by atoms with E-state index >= 15 is 0 Å². The third kappa shape index (κ3) is 2.56. The Labute approximate surface area is 124 Å². The lowest BCUT2D eigenvalue weighted by atomic mass is 10.1. The predicted molar refractivity (Wildman–Crippen MR) is 83.7 cm³/mol. The van der Waals surface area contributed by atoms with Gasteiger partial charge in [0.1, 0.15) is 4.32 Å². The lowest BCUT2D eigenvalue weighted by Gasteiger charge is -2.11. The van der Waals surface area contributed by atoms with Crippen LogP contribution in [0.5, 0.6) is 0 Å². The topological polar surface area (TPSA) is 33.2 Å². The van der Waals surface area contributed by atoms with Gasteiger partial charge in [-0.25, -0.2) is 9.88 Å². The minimum absolute atomic E-state index is 0.0359. The normalized spacial score (nSPS) is 19.2. The number of nitrogens with zero attached hydrogens (tertiary/aromatic N) is 2. The van der Waals surface area contributed by atoms with Crippen molar-refractivity contribution >= 4 is 50.7 Å². The molecule has 0 N–H and O–H groups in total. The molecule has 2 aromatic rings. The zero-order valence-electron chi connectivity index (χ0n) is 9.85. The van der Waals surface area contributed by atoms with Gasteiger partial charge in [-0.15, -0.1) is 11.3 Å². The number of carbonyl (C=O) groups is 1. The fraction of sp³-hybridized carbons (Fsp3) is 0.154. The van der Waals surface area contributed by atoms with Crippen molar-refractivity contribution in [1.82, 2.24) is 4.98 Å². The molecule has 1 unspecified atom stereocenters. The summed E-state index contributed by atoms with van der Waals surface area (Å²) in [5.41, 5.74) is 1.15. The highest BCUT2D eigenvalue weighted by molar-refractivity contribution is 8.25. The molecule has 1 saturated heterocycles. The van der Waals surface area contributed by atoms with Gasteiger partial charge in [0.25, 0.3) is 0 Å². The van der Waals surface area contributed by atoms with E-state index in [4.69, 9.17) is 12.2 Å². The van der Waals surface area contributed by atoms with E-state index in [0.29, 0.717) is 15.9 Å². The number of thiazole rings is 1. The number of benzene rings is 1. The first-order valence-electron chi connectivity index (χ1n) is 5.74. The molecule has 1 aliphatic heterocycles. The predicted octanol–water partition coefficient (Wildman–Crippen LogP) is 3.12. The van der Waals surface area contributed by atoms with E-state index in [9.17, 15) is 4.79 Å². The van der Waals surface area contributed by atoms with Gasteiger partial charge in [-0.05, 0) is 12.0 Å². The molecule has 0 aliphatic carbocycles. The smallest absolute Gasteiger partial charge is 0.248 e. The highest BCUT2D eigenvalue weighted by Crippen LogP contribution is 2.34. The second-order valence-corrected chi connectivity index (χ2v) is 6.76. The van der Waals surface area contributed by atoms with Gasteiger partial charge in [0.05, 0.1) is 5.25 Å². The summed E-state index contributed by atoms with van der Waals surface area (Å²) in [6.45, 7) is 0. The molecule has 1 amide bonds. The highest BCUT2D eigenvalue weighted by atomic mass is 32.2. The monoisotopic (exact) mass is 306 g/mol. The maximum atomic E-state index is 12.4. The van der Waals surface area contributed by atoms with E-state index in [1.54, 1.807) is 11.1 Å². The lowest BCUT2D eigenvalue weighted by molar-refractivity contribution is -0.116. The van der Waals surface area contributed by atoms with E-state index < -0.39 is 0 Å². The molecule has 3 rings (SSSR count). The zero-order valence-corrected chi connectivity index (χ0v) is 12.3. The average molecular weight is 306 g/mol. The standard InChI is InChI=1S/C13H10N2OS3/c16-11-10(8-9-4-2-1-3-5-9)19-13(17)15(11)12-14-6-7-18-12/h1-7,10H,8H2. The Kier molecular flexibility index (Phi) is 3.63. The molecule has 1 atom stereocenters. The summed E-state index contributed by atoms with van der Waals surface area (Å²) >= 11 is 8.17. The molecule has 1 aliphatic rings. The molecule has 19 heavy (non-hydrogen) atoms. The Hall–Kier alpha value is -1.24. The van der Waals surface area contributed by atoms with Gasteiger partial charge >= 0.3 is 0 Å². The number of carbonyl (C=O) groups excluding carboxylic acids is 1. The Bertz CT molecular complexity index is 598. The van der Waals surface area contributed by atoms with Crippen LogP contribution in [0.25, 0.3) is 0 Å². The van der Waals surface area contributed by atoms with Crippen LogP contribution < -0.4 is 4.90 Å². The van der Waals surface area contributed by atoms with Crippen LogP contribution in [0, 0.1) is 0 Å². The fourth-order valence-electron chi connectivity index (χ4n) is 1.91. The van der Waals surface area contributed by atoms with Crippen LogP contribution >= 0.6 is 35.3 Å². The summed E-state index contributed by atoms with van der Waals surface area (Å²) in [6.07, 6.45) is 2.39. The van der Waals surface area contributed by atoms with Crippen molar-refractivity contribution < 1.29 is 4.79 Å². The van der Waals surface area contributed by atoms with E-state index in [2.05, 4.69) is 4.98 Å². The molecule has 0 radical (unpaired) electrons. The molecule has 2 heterocycles. The number of rotatable bonds is 3. The maximum Gasteiger partial charge on any atom is 0.248 e. The Morgan fingerprint density at radius 1 is 1.32 bits per heavy atom. The van der Waals surface area contributed by atoms with Crippen molar-refractivity contribution in [2.45, 2.75) is 11.7 Å². The van der Waals surface area contributed by atoms with E-state index in [1.807, 2.05) is 35.7 Å². The molecule has 1 aromatic heterocycles. The molecule has 0 saturated carbocycles. The number of amides is 1. The number of aromatic nitrogens is 1. The van der Waals surface area contributed by atoms with E-state index in [0.717, 1.165) is 5.56 Å². The number of thiocarbonyl (C=S) groups is 1. The van der Waals surface area contributed by atoms with Crippen LogP contribution in [-0.4, -0.2) is 20.5 Å². The van der Waals surface area contributed by atoms with Crippen LogP contribution in [0.3, 0.4) is 0 Å². The number of hydrogen-bond donors (Lipinski definition) is 0. The highest BCUT2D eigenvalue weighted by Gasteiger charge is 2.38. The molecule has 96 valence electrons. The molecule has 0 bridgehead atoms. The molecular formula is C13H10N2OS3. The van der Waals surface area contributed by atoms with Crippen molar-refractivity contribution in [3.63, 3.8) is 0 Å². The molecular weight excluding hydrogens is 296 g/mol. The molecule has 3 nitrogen and oxygen atoms in total. The van der Waals surface area contributed by atoms with Crippen molar-refractivity contribution in [1.29, 1.82) is 0 Å². The first-order valence-corrected chi connectivity index (χ1v) is 7.90. The third-order valence-electron chi connectivity index (χ3n) is 2.80. The fourth-order valence-corrected chi connectivity index (χ4v) is 4.21. The first-order chi connectivity index (χ1) is 9.25. The van der Waals surface area contributed by atoms with Crippen LogP contribution in [0.4, 0.5) is 5.13 Å². The SMILES string of the molecule is O=C1C(Cc2ccccc2)SC(=S)N1c1nccs1. The summed E-state index contributed by atoms with van der Waals surface area (Å²) in [5.74, 6) is 0.0359. The van der Waals surface area contributed by atoms with Gasteiger partial charge in [0.2, 0.25) is 5.91 Å². The van der Waals surface area contributed by atoms with Crippen LogP contribution in [0.15, 0.2) is 41.9 Å². The summed E-state index contributed by atoms with van der Waals surface area (Å²) in [4.78, 5) is 18.1. The van der Waals surface area contributed by atoms with Crippen molar-refractivity contribution in [2.75, 3.05) is 4.90 Å². The minimum atomic E-state index is -0.140. The maximum absolute atomic E-state index is 12.4. The van der Waals surface area contributed by atoms with Crippen molar-refractivity contribution in [3.05, 3.63) is 47.5 Å². The largest absolute Gasteiger partial charge is 0.273 e. The Morgan fingerprint density at radius 3 is 2.79 bits per heavy atom. The molecule has 1 aromatic carbocycles. The number of thioether (sulfide) groups is 1. The lowest BCUT2D eigenvalue weighted by Crippen LogP contribution is -2.31. The zero-order chi connectivity index (χ0) is 13.2. The van der Waals surface area contributed by atoms with Crippen LogP contribution in [0.1, 0.15) is 5.56 Å². The van der Waals surface area contributed by atoms with Crippen molar-refractivity contribution in [2.24, 2.45) is 0 Å². The van der Waals surface area contributed by atoms with Gasteiger partial charge in [-0.2, -0.15) is 0 Å². The summed E-state index contributed by atoms with van der Waals surface area (Å²) < 4.78 is 0.598. The van der Waals surface area contributed by atoms with E-state index in [-0.39, 0.29) is 11.2 Å². The third-order valence-corrected chi connectivity index (χ3v) is 5.06. The van der Waals surface area contributed by atoms with Crippen molar-refractivity contribution in [3.8, 4) is 0 Å². The number of hydrogen-bond acceptors (Lipinski definition) is 5. The van der Waals surface area contributed by atoms with Gasteiger partial charge in [-0.3, -0.25) is 4.79 Å². The molecule has 0 spiro atoms. The Balaban J connectivity index is 1.79. The average Bonchev–Trinajstić information content (AvgIpc) is 3.01. The Morgan fingerprint density at radius 2 is 2.11 bits per heavy atom. The van der Waals surface area contributed by atoms with Crippen LogP contribution in [0.2, 0.25) is 0 Å². The first kappa shape index (κ1) is 12.8.